The van der Waals surface area contributed by atoms with E-state index in [1.54, 1.807) is 12.3 Å². The minimum atomic E-state index is 0. The van der Waals surface area contributed by atoms with E-state index in [0.717, 1.165) is 17.2 Å². The topological polar surface area (TPSA) is 45.8 Å². The summed E-state index contributed by atoms with van der Waals surface area (Å²) in [4.78, 5) is 17.2. The highest BCUT2D eigenvalue weighted by Gasteiger charge is 1.95. The quantitative estimate of drug-likeness (QED) is 0.684. The van der Waals surface area contributed by atoms with Gasteiger partial charge in [-0.3, -0.25) is 9.78 Å². The molecule has 3 nitrogen and oxygen atoms in total. The summed E-state index contributed by atoms with van der Waals surface area (Å²) in [5, 5.41) is 1.02. The number of carbonyl (C=O) groups excluding carboxylic acids is 1. The fraction of sp³-hybridized carbons (Fsp3) is 0. The second kappa shape index (κ2) is 3.36. The SMILES string of the molecule is Cl.O=Cc1cc2cc[nH]c2cn1. The van der Waals surface area contributed by atoms with Gasteiger partial charge in [-0.25, -0.2) is 0 Å². The van der Waals surface area contributed by atoms with E-state index in [2.05, 4.69) is 9.97 Å². The Morgan fingerprint density at radius 1 is 1.50 bits per heavy atom. The monoisotopic (exact) mass is 182 g/mol. The molecule has 4 heteroatoms. The van der Waals surface area contributed by atoms with Gasteiger partial charge < -0.3 is 4.98 Å². The molecule has 2 aromatic heterocycles. The summed E-state index contributed by atoms with van der Waals surface area (Å²) in [6, 6.07) is 3.66. The number of hydrogen-bond donors (Lipinski definition) is 1. The first-order valence-electron chi connectivity index (χ1n) is 3.28. The van der Waals surface area contributed by atoms with Gasteiger partial charge in [0.25, 0.3) is 0 Å². The minimum absolute atomic E-state index is 0. The lowest BCUT2D eigenvalue weighted by molar-refractivity contribution is 0.111. The number of aromatic amines is 1. The maximum atomic E-state index is 10.3. The fourth-order valence-corrected chi connectivity index (χ4v) is 1.03. The highest BCUT2D eigenvalue weighted by Crippen LogP contribution is 2.10. The molecule has 0 aromatic carbocycles. The summed E-state index contributed by atoms with van der Waals surface area (Å²) >= 11 is 0. The first-order chi connectivity index (χ1) is 5.40. The van der Waals surface area contributed by atoms with Crippen molar-refractivity contribution in [1.82, 2.24) is 9.97 Å². The van der Waals surface area contributed by atoms with Gasteiger partial charge in [0.2, 0.25) is 0 Å². The molecule has 0 spiro atoms. The highest BCUT2D eigenvalue weighted by molar-refractivity contribution is 5.85. The van der Waals surface area contributed by atoms with Gasteiger partial charge in [-0.2, -0.15) is 0 Å². The molecular weight excluding hydrogens is 176 g/mol. The van der Waals surface area contributed by atoms with Crippen molar-refractivity contribution in [3.05, 3.63) is 30.2 Å². The van der Waals surface area contributed by atoms with Crippen molar-refractivity contribution in [2.45, 2.75) is 0 Å². The molecule has 2 rings (SSSR count). The van der Waals surface area contributed by atoms with Crippen molar-refractivity contribution < 1.29 is 4.79 Å². The van der Waals surface area contributed by atoms with Crippen LogP contribution in [0.5, 0.6) is 0 Å². The maximum Gasteiger partial charge on any atom is 0.168 e. The number of nitrogens with one attached hydrogen (secondary N) is 1. The molecule has 0 unspecified atom stereocenters. The van der Waals surface area contributed by atoms with Crippen molar-refractivity contribution in [2.24, 2.45) is 0 Å². The summed E-state index contributed by atoms with van der Waals surface area (Å²) in [5.74, 6) is 0. The number of hydrogen-bond acceptors (Lipinski definition) is 2. The van der Waals surface area contributed by atoms with Gasteiger partial charge in [0.1, 0.15) is 5.69 Å². The second-order valence-electron chi connectivity index (χ2n) is 2.29. The largest absolute Gasteiger partial charge is 0.360 e. The molecule has 0 aliphatic rings. The first-order valence-corrected chi connectivity index (χ1v) is 3.28. The van der Waals surface area contributed by atoms with Crippen molar-refractivity contribution in [3.63, 3.8) is 0 Å². The zero-order valence-corrected chi connectivity index (χ0v) is 6.97. The van der Waals surface area contributed by atoms with Crippen LogP contribution >= 0.6 is 12.4 Å². The third-order valence-corrected chi connectivity index (χ3v) is 1.58. The van der Waals surface area contributed by atoms with Crippen molar-refractivity contribution in [3.8, 4) is 0 Å². The van der Waals surface area contributed by atoms with E-state index in [1.807, 2.05) is 12.3 Å². The van der Waals surface area contributed by atoms with E-state index in [0.29, 0.717) is 5.69 Å². The second-order valence-corrected chi connectivity index (χ2v) is 2.29. The predicted octanol–water partition coefficient (Wildman–Crippen LogP) is 1.80. The van der Waals surface area contributed by atoms with Crippen LogP contribution in [0.2, 0.25) is 0 Å². The molecule has 2 heterocycles. The molecule has 0 aliphatic heterocycles. The number of H-pyrrole nitrogens is 1. The maximum absolute atomic E-state index is 10.3. The number of halogens is 1. The number of nitrogens with zero attached hydrogens (tertiary/aromatic N) is 1. The lowest BCUT2D eigenvalue weighted by Gasteiger charge is -1.89. The van der Waals surface area contributed by atoms with E-state index in [1.165, 1.54) is 0 Å². The van der Waals surface area contributed by atoms with Crippen LogP contribution < -0.4 is 0 Å². The van der Waals surface area contributed by atoms with Crippen LogP contribution in [0.25, 0.3) is 10.9 Å². The van der Waals surface area contributed by atoms with E-state index >= 15 is 0 Å². The Balaban J connectivity index is 0.000000720. The Morgan fingerprint density at radius 2 is 2.33 bits per heavy atom. The van der Waals surface area contributed by atoms with Gasteiger partial charge >= 0.3 is 0 Å². The zero-order valence-electron chi connectivity index (χ0n) is 6.15. The highest BCUT2D eigenvalue weighted by atomic mass is 35.5. The van der Waals surface area contributed by atoms with Crippen LogP contribution in [-0.2, 0) is 0 Å². The minimum Gasteiger partial charge on any atom is -0.360 e. The van der Waals surface area contributed by atoms with Crippen LogP contribution in [0.15, 0.2) is 24.5 Å². The number of rotatable bonds is 1. The van der Waals surface area contributed by atoms with Crippen molar-refractivity contribution >= 4 is 29.6 Å². The number of carbonyl (C=O) groups is 1. The van der Waals surface area contributed by atoms with Crippen LogP contribution in [-0.4, -0.2) is 16.3 Å². The average Bonchev–Trinajstić information content (AvgIpc) is 2.50. The van der Waals surface area contributed by atoms with E-state index < -0.39 is 0 Å². The van der Waals surface area contributed by atoms with Gasteiger partial charge in [0.15, 0.2) is 6.29 Å². The number of fused-ring (bicyclic) bond motifs is 1. The zero-order chi connectivity index (χ0) is 7.68. The first kappa shape index (κ1) is 8.74. The molecule has 62 valence electrons. The third-order valence-electron chi connectivity index (χ3n) is 1.58. The number of aromatic nitrogens is 2. The molecular formula is C8H7ClN2O. The van der Waals surface area contributed by atoms with Crippen LogP contribution in [0.1, 0.15) is 10.5 Å². The van der Waals surface area contributed by atoms with Gasteiger partial charge in [-0.05, 0) is 12.1 Å². The Bertz CT molecular complexity index is 397. The summed E-state index contributed by atoms with van der Waals surface area (Å²) in [6.07, 6.45) is 4.21. The average molecular weight is 183 g/mol. The summed E-state index contributed by atoms with van der Waals surface area (Å²) < 4.78 is 0. The molecule has 0 fully saturated rings. The van der Waals surface area contributed by atoms with Crippen LogP contribution in [0.3, 0.4) is 0 Å². The molecule has 0 radical (unpaired) electrons. The lowest BCUT2D eigenvalue weighted by atomic mass is 10.3. The molecule has 12 heavy (non-hydrogen) atoms. The lowest BCUT2D eigenvalue weighted by Crippen LogP contribution is -1.83. The van der Waals surface area contributed by atoms with Crippen LogP contribution in [0.4, 0.5) is 0 Å². The standard InChI is InChI=1S/C8H6N2O.ClH/c11-5-7-3-6-1-2-9-8(6)4-10-7;/h1-5,9H;1H. The molecule has 0 atom stereocenters. The fourth-order valence-electron chi connectivity index (χ4n) is 1.03. The molecule has 2 aromatic rings. The van der Waals surface area contributed by atoms with Crippen molar-refractivity contribution in [1.29, 1.82) is 0 Å². The molecule has 0 saturated carbocycles. The summed E-state index contributed by atoms with van der Waals surface area (Å²) in [7, 11) is 0. The summed E-state index contributed by atoms with van der Waals surface area (Å²) in [6.45, 7) is 0. The molecule has 1 N–H and O–H groups in total. The van der Waals surface area contributed by atoms with Crippen molar-refractivity contribution in [2.75, 3.05) is 0 Å². The van der Waals surface area contributed by atoms with Gasteiger partial charge in [-0.1, -0.05) is 0 Å². The normalized spacial score (nSPS) is 9.33. The third kappa shape index (κ3) is 1.31. The molecule has 0 saturated heterocycles. The smallest absolute Gasteiger partial charge is 0.168 e. The predicted molar refractivity (Wildman–Crippen MR) is 48.7 cm³/mol. The molecule has 0 bridgehead atoms. The van der Waals surface area contributed by atoms with Crippen LogP contribution in [0, 0.1) is 0 Å². The molecule has 0 amide bonds. The number of aldehydes is 1. The van der Waals surface area contributed by atoms with Gasteiger partial charge in [0.05, 0.1) is 11.7 Å². The van der Waals surface area contributed by atoms with E-state index in [4.69, 9.17) is 0 Å². The van der Waals surface area contributed by atoms with Gasteiger partial charge in [-0.15, -0.1) is 12.4 Å². The van der Waals surface area contributed by atoms with E-state index in [-0.39, 0.29) is 12.4 Å². The Morgan fingerprint density at radius 3 is 3.08 bits per heavy atom. The Hall–Kier alpha value is -1.35. The summed E-state index contributed by atoms with van der Waals surface area (Å²) in [5.41, 5.74) is 1.42. The van der Waals surface area contributed by atoms with Gasteiger partial charge in [0, 0.05) is 11.6 Å². The number of pyridine rings is 1. The Kier molecular flexibility index (Phi) is 2.45. The Labute approximate surface area is 75.2 Å². The molecule has 0 aliphatic carbocycles. The van der Waals surface area contributed by atoms with E-state index in [9.17, 15) is 4.79 Å².